The van der Waals surface area contributed by atoms with Crippen LogP contribution in [-0.2, 0) is 6.42 Å². The maximum absolute atomic E-state index is 13.2. The Kier molecular flexibility index (Phi) is 4.44. The van der Waals surface area contributed by atoms with Crippen molar-refractivity contribution >= 4 is 11.3 Å². The lowest BCUT2D eigenvalue weighted by molar-refractivity contribution is 0.259. The Bertz CT molecular complexity index is 512. The predicted molar refractivity (Wildman–Crippen MR) is 71.4 cm³/mol. The van der Waals surface area contributed by atoms with Crippen molar-refractivity contribution in [3.8, 4) is 0 Å². The molecule has 1 unspecified atom stereocenters. The quantitative estimate of drug-likeness (QED) is 0.899. The summed E-state index contributed by atoms with van der Waals surface area (Å²) in [6, 6.07) is 6.47. The van der Waals surface area contributed by atoms with Crippen LogP contribution in [0.15, 0.2) is 29.8 Å². The van der Waals surface area contributed by atoms with Gasteiger partial charge in [0.15, 0.2) is 0 Å². The van der Waals surface area contributed by atoms with Gasteiger partial charge in [0.25, 0.3) is 0 Å². The molecule has 0 aliphatic heterocycles. The highest BCUT2D eigenvalue weighted by atomic mass is 32.1. The number of aromatic nitrogens is 1. The third-order valence-corrected chi connectivity index (χ3v) is 4.10. The molecule has 2 rings (SSSR count). The summed E-state index contributed by atoms with van der Waals surface area (Å²) in [4.78, 5) is 5.44. The van der Waals surface area contributed by atoms with Gasteiger partial charge in [-0.05, 0) is 37.5 Å². The normalized spacial score (nSPS) is 12.6. The number of hydrogen-bond acceptors (Lipinski definition) is 3. The Labute approximate surface area is 110 Å². The maximum atomic E-state index is 13.2. The summed E-state index contributed by atoms with van der Waals surface area (Å²) in [7, 11) is 0. The standard InChI is InChI=1S/C14H16FNOS/c1-10-14(18-9-16-10)6-5-12(8-17)11-3-2-4-13(15)7-11/h2-4,7,9,12,17H,5-6,8H2,1H3. The molecule has 0 aliphatic carbocycles. The van der Waals surface area contributed by atoms with Gasteiger partial charge in [-0.1, -0.05) is 12.1 Å². The number of aliphatic hydroxyl groups excluding tert-OH is 1. The van der Waals surface area contributed by atoms with Crippen LogP contribution >= 0.6 is 11.3 Å². The molecule has 0 saturated carbocycles. The zero-order valence-corrected chi connectivity index (χ0v) is 11.1. The first-order valence-electron chi connectivity index (χ1n) is 5.96. The molecule has 96 valence electrons. The van der Waals surface area contributed by atoms with E-state index in [1.54, 1.807) is 17.4 Å². The van der Waals surface area contributed by atoms with Crippen LogP contribution in [0, 0.1) is 12.7 Å². The average molecular weight is 265 g/mol. The van der Waals surface area contributed by atoms with Crippen molar-refractivity contribution in [2.24, 2.45) is 0 Å². The third-order valence-electron chi connectivity index (χ3n) is 3.11. The first-order valence-corrected chi connectivity index (χ1v) is 6.84. The zero-order valence-electron chi connectivity index (χ0n) is 10.3. The molecular formula is C14H16FNOS. The number of rotatable bonds is 5. The fourth-order valence-corrected chi connectivity index (χ4v) is 2.79. The third kappa shape index (κ3) is 3.15. The zero-order chi connectivity index (χ0) is 13.0. The van der Waals surface area contributed by atoms with Crippen LogP contribution in [-0.4, -0.2) is 16.7 Å². The maximum Gasteiger partial charge on any atom is 0.123 e. The summed E-state index contributed by atoms with van der Waals surface area (Å²) in [5.74, 6) is -0.262. The summed E-state index contributed by atoms with van der Waals surface area (Å²) in [6.45, 7) is 2.03. The van der Waals surface area contributed by atoms with E-state index in [9.17, 15) is 9.50 Å². The minimum Gasteiger partial charge on any atom is -0.396 e. The van der Waals surface area contributed by atoms with E-state index in [4.69, 9.17) is 0 Å². The summed E-state index contributed by atoms with van der Waals surface area (Å²) < 4.78 is 13.2. The Morgan fingerprint density at radius 3 is 2.89 bits per heavy atom. The molecule has 2 nitrogen and oxygen atoms in total. The molecule has 2 aromatic rings. The fraction of sp³-hybridized carbons (Fsp3) is 0.357. The molecule has 18 heavy (non-hydrogen) atoms. The number of benzene rings is 1. The lowest BCUT2D eigenvalue weighted by Gasteiger charge is -2.14. The van der Waals surface area contributed by atoms with Crippen LogP contribution in [0.2, 0.25) is 0 Å². The van der Waals surface area contributed by atoms with E-state index in [1.165, 1.54) is 17.0 Å². The van der Waals surface area contributed by atoms with Gasteiger partial charge in [0.2, 0.25) is 0 Å². The second kappa shape index (κ2) is 6.07. The second-order valence-corrected chi connectivity index (χ2v) is 5.27. The van der Waals surface area contributed by atoms with E-state index < -0.39 is 0 Å². The highest BCUT2D eigenvalue weighted by Crippen LogP contribution is 2.24. The molecule has 0 bridgehead atoms. The second-order valence-electron chi connectivity index (χ2n) is 4.33. The van der Waals surface area contributed by atoms with Gasteiger partial charge in [0.1, 0.15) is 5.82 Å². The minimum atomic E-state index is -0.250. The van der Waals surface area contributed by atoms with E-state index in [2.05, 4.69) is 4.98 Å². The molecule has 0 spiro atoms. The lowest BCUT2D eigenvalue weighted by atomic mass is 9.94. The molecule has 0 radical (unpaired) electrons. The number of hydrogen-bond donors (Lipinski definition) is 1. The van der Waals surface area contributed by atoms with Gasteiger partial charge in [-0.2, -0.15) is 0 Å². The van der Waals surface area contributed by atoms with Crippen molar-refractivity contribution in [2.45, 2.75) is 25.7 Å². The number of aryl methyl sites for hydroxylation is 2. The van der Waals surface area contributed by atoms with Gasteiger partial charge in [0, 0.05) is 17.4 Å². The molecule has 0 saturated heterocycles. The van der Waals surface area contributed by atoms with Gasteiger partial charge >= 0.3 is 0 Å². The molecular weight excluding hydrogens is 249 g/mol. The van der Waals surface area contributed by atoms with Gasteiger partial charge in [-0.25, -0.2) is 9.37 Å². The van der Waals surface area contributed by atoms with E-state index >= 15 is 0 Å². The van der Waals surface area contributed by atoms with E-state index in [0.717, 1.165) is 24.1 Å². The van der Waals surface area contributed by atoms with Crippen molar-refractivity contribution in [3.63, 3.8) is 0 Å². The molecule has 0 fully saturated rings. The molecule has 0 amide bonds. The highest BCUT2D eigenvalue weighted by Gasteiger charge is 2.12. The number of halogens is 1. The van der Waals surface area contributed by atoms with Crippen LogP contribution in [0.3, 0.4) is 0 Å². The molecule has 1 aromatic heterocycles. The molecule has 1 N–H and O–H groups in total. The van der Waals surface area contributed by atoms with Crippen molar-refractivity contribution in [2.75, 3.05) is 6.61 Å². The summed E-state index contributed by atoms with van der Waals surface area (Å²) in [6.07, 6.45) is 1.68. The highest BCUT2D eigenvalue weighted by molar-refractivity contribution is 7.09. The van der Waals surface area contributed by atoms with E-state index in [-0.39, 0.29) is 18.3 Å². The Morgan fingerprint density at radius 1 is 1.44 bits per heavy atom. The van der Waals surface area contributed by atoms with Gasteiger partial charge < -0.3 is 5.11 Å². The summed E-state index contributed by atoms with van der Waals surface area (Å²) >= 11 is 1.63. The van der Waals surface area contributed by atoms with Crippen LogP contribution in [0.25, 0.3) is 0 Å². The molecule has 4 heteroatoms. The smallest absolute Gasteiger partial charge is 0.123 e. The number of nitrogens with zero attached hydrogens (tertiary/aromatic N) is 1. The van der Waals surface area contributed by atoms with Crippen LogP contribution in [0.5, 0.6) is 0 Å². The van der Waals surface area contributed by atoms with Crippen molar-refractivity contribution in [3.05, 3.63) is 51.7 Å². The van der Waals surface area contributed by atoms with E-state index in [1.807, 2.05) is 18.5 Å². The average Bonchev–Trinajstić information content (AvgIpc) is 2.76. The molecule has 0 aliphatic rings. The Balaban J connectivity index is 2.04. The largest absolute Gasteiger partial charge is 0.396 e. The summed E-state index contributed by atoms with van der Waals surface area (Å²) in [5.41, 5.74) is 3.75. The fourth-order valence-electron chi connectivity index (χ4n) is 2.00. The number of thiazole rings is 1. The van der Waals surface area contributed by atoms with Crippen molar-refractivity contribution in [1.82, 2.24) is 4.98 Å². The first kappa shape index (κ1) is 13.2. The van der Waals surface area contributed by atoms with Gasteiger partial charge in [0.05, 0.1) is 11.2 Å². The van der Waals surface area contributed by atoms with Gasteiger partial charge in [-0.15, -0.1) is 11.3 Å². The minimum absolute atomic E-state index is 0.0119. The first-order chi connectivity index (χ1) is 8.70. The lowest BCUT2D eigenvalue weighted by Crippen LogP contribution is -2.06. The monoisotopic (exact) mass is 265 g/mol. The number of aliphatic hydroxyl groups is 1. The molecule has 1 heterocycles. The predicted octanol–water partition coefficient (Wildman–Crippen LogP) is 3.30. The van der Waals surface area contributed by atoms with Crippen LogP contribution in [0.1, 0.15) is 28.5 Å². The Morgan fingerprint density at radius 2 is 2.28 bits per heavy atom. The molecule has 1 aromatic carbocycles. The van der Waals surface area contributed by atoms with E-state index in [0.29, 0.717) is 0 Å². The molecule has 1 atom stereocenters. The van der Waals surface area contributed by atoms with Crippen molar-refractivity contribution in [1.29, 1.82) is 0 Å². The topological polar surface area (TPSA) is 33.1 Å². The SMILES string of the molecule is Cc1ncsc1CCC(CO)c1cccc(F)c1. The van der Waals surface area contributed by atoms with Crippen LogP contribution in [0.4, 0.5) is 4.39 Å². The van der Waals surface area contributed by atoms with Crippen LogP contribution < -0.4 is 0 Å². The Hall–Kier alpha value is -1.26. The summed E-state index contributed by atoms with van der Waals surface area (Å²) in [5, 5.41) is 9.43. The van der Waals surface area contributed by atoms with Crippen molar-refractivity contribution < 1.29 is 9.50 Å². The van der Waals surface area contributed by atoms with Gasteiger partial charge in [-0.3, -0.25) is 0 Å².